The topological polar surface area (TPSA) is 83.0 Å². The van der Waals surface area contributed by atoms with Crippen LogP contribution in [0.3, 0.4) is 0 Å². The minimum atomic E-state index is -0.548. The Balaban J connectivity index is 2.23. The second-order valence-electron chi connectivity index (χ2n) is 3.65. The van der Waals surface area contributed by atoms with Crippen LogP contribution in [-0.4, -0.2) is 20.9 Å². The van der Waals surface area contributed by atoms with E-state index in [4.69, 9.17) is 16.7 Å². The Hall–Kier alpha value is -2.14. The smallest absolute Gasteiger partial charge is 0.345 e. The zero-order valence-corrected chi connectivity index (χ0v) is 9.94. The molecule has 0 atom stereocenters. The molecule has 0 saturated heterocycles. The van der Waals surface area contributed by atoms with Crippen LogP contribution in [0.1, 0.15) is 16.1 Å². The molecule has 1 aromatic heterocycles. The summed E-state index contributed by atoms with van der Waals surface area (Å²) in [4.78, 5) is 28.9. The van der Waals surface area contributed by atoms with Gasteiger partial charge in [-0.3, -0.25) is 4.79 Å². The molecule has 0 aliphatic rings. The summed E-state index contributed by atoms with van der Waals surface area (Å²) >= 11 is 5.83. The van der Waals surface area contributed by atoms with Crippen LogP contribution in [0.2, 0.25) is 5.02 Å². The van der Waals surface area contributed by atoms with E-state index in [0.717, 1.165) is 0 Å². The average Bonchev–Trinajstić information content (AvgIpc) is 2.34. The fraction of sp³-hybridized carbons (Fsp3) is 0.0833. The molecule has 0 amide bonds. The van der Waals surface area contributed by atoms with Crippen LogP contribution in [0.15, 0.2) is 35.3 Å². The lowest BCUT2D eigenvalue weighted by molar-refractivity contribution is 0.0992. The lowest BCUT2D eigenvalue weighted by Gasteiger charge is -2.02. The van der Waals surface area contributed by atoms with E-state index >= 15 is 0 Å². The average molecular weight is 265 g/mol. The van der Waals surface area contributed by atoms with Gasteiger partial charge in [0.2, 0.25) is 0 Å². The van der Waals surface area contributed by atoms with Gasteiger partial charge in [-0.05, 0) is 24.3 Å². The molecule has 0 unspecified atom stereocenters. The maximum absolute atomic E-state index is 11.9. The Kier molecular flexibility index (Phi) is 3.43. The van der Waals surface area contributed by atoms with Gasteiger partial charge in [0.1, 0.15) is 5.75 Å². The molecule has 0 aliphatic carbocycles. The summed E-state index contributed by atoms with van der Waals surface area (Å²) < 4.78 is 0. The zero-order chi connectivity index (χ0) is 13.1. The molecule has 0 bridgehead atoms. The summed E-state index contributed by atoms with van der Waals surface area (Å²) in [6.07, 6.45) is 1.24. The number of benzene rings is 1. The normalized spacial score (nSPS) is 10.3. The van der Waals surface area contributed by atoms with Crippen molar-refractivity contribution in [2.45, 2.75) is 6.42 Å². The molecule has 0 fully saturated rings. The van der Waals surface area contributed by atoms with Crippen molar-refractivity contribution in [1.82, 2.24) is 9.97 Å². The summed E-state index contributed by atoms with van der Waals surface area (Å²) in [5.41, 5.74) is 0.109. The minimum absolute atomic E-state index is 0.0620. The van der Waals surface area contributed by atoms with Crippen LogP contribution >= 0.6 is 11.6 Å². The van der Waals surface area contributed by atoms with Gasteiger partial charge >= 0.3 is 5.69 Å². The Morgan fingerprint density at radius 1 is 1.33 bits per heavy atom. The van der Waals surface area contributed by atoms with Gasteiger partial charge in [0.15, 0.2) is 5.78 Å². The number of nitrogens with zero attached hydrogens (tertiary/aromatic N) is 1. The third kappa shape index (κ3) is 2.75. The van der Waals surface area contributed by atoms with Crippen molar-refractivity contribution in [1.29, 1.82) is 0 Å². The van der Waals surface area contributed by atoms with E-state index < -0.39 is 5.69 Å². The summed E-state index contributed by atoms with van der Waals surface area (Å²) in [6, 6.07) is 5.83. The highest BCUT2D eigenvalue weighted by Crippen LogP contribution is 2.15. The molecule has 2 aromatic rings. The molecule has 0 saturated carbocycles. The Morgan fingerprint density at radius 3 is 2.67 bits per heavy atom. The molecule has 1 heterocycles. The van der Waals surface area contributed by atoms with Crippen molar-refractivity contribution in [3.63, 3.8) is 0 Å². The van der Waals surface area contributed by atoms with E-state index in [-0.39, 0.29) is 28.7 Å². The molecule has 92 valence electrons. The quantitative estimate of drug-likeness (QED) is 0.824. The van der Waals surface area contributed by atoms with E-state index in [1.807, 2.05) is 0 Å². The van der Waals surface area contributed by atoms with Gasteiger partial charge in [-0.2, -0.15) is 4.98 Å². The summed E-state index contributed by atoms with van der Waals surface area (Å²) in [5, 5.41) is 9.36. The van der Waals surface area contributed by atoms with E-state index in [1.54, 1.807) is 0 Å². The van der Waals surface area contributed by atoms with Crippen LogP contribution in [0.25, 0.3) is 0 Å². The maximum Gasteiger partial charge on any atom is 0.345 e. The number of aromatic amines is 1. The number of aromatic hydroxyl groups is 1. The van der Waals surface area contributed by atoms with Crippen LogP contribution in [0.4, 0.5) is 0 Å². The van der Waals surface area contributed by atoms with Gasteiger partial charge in [-0.15, -0.1) is 0 Å². The second-order valence-corrected chi connectivity index (χ2v) is 4.05. The van der Waals surface area contributed by atoms with Crippen LogP contribution < -0.4 is 5.69 Å². The predicted octanol–water partition coefficient (Wildman–Crippen LogP) is 1.55. The minimum Gasteiger partial charge on any atom is -0.508 e. The third-order valence-corrected chi connectivity index (χ3v) is 2.68. The van der Waals surface area contributed by atoms with Crippen LogP contribution in [0, 0.1) is 0 Å². The SMILES string of the molecule is O=C(Cc1nc(=O)[nH]cc1Cl)c1ccc(O)cc1. The highest BCUT2D eigenvalue weighted by molar-refractivity contribution is 6.31. The number of ketones is 1. The fourth-order valence-corrected chi connectivity index (χ4v) is 1.61. The van der Waals surface area contributed by atoms with Gasteiger partial charge in [-0.25, -0.2) is 4.79 Å². The molecule has 5 nitrogen and oxygen atoms in total. The van der Waals surface area contributed by atoms with E-state index in [0.29, 0.717) is 5.56 Å². The first-order valence-electron chi connectivity index (χ1n) is 5.12. The third-order valence-electron chi connectivity index (χ3n) is 2.35. The van der Waals surface area contributed by atoms with E-state index in [1.165, 1.54) is 30.5 Å². The molecule has 0 spiro atoms. The van der Waals surface area contributed by atoms with E-state index in [2.05, 4.69) is 9.97 Å². The number of aromatic nitrogens is 2. The Morgan fingerprint density at radius 2 is 2.00 bits per heavy atom. The number of halogens is 1. The molecule has 18 heavy (non-hydrogen) atoms. The van der Waals surface area contributed by atoms with Crippen molar-refractivity contribution in [3.05, 3.63) is 57.2 Å². The van der Waals surface area contributed by atoms with Crippen molar-refractivity contribution in [2.24, 2.45) is 0 Å². The first-order chi connectivity index (χ1) is 8.56. The van der Waals surface area contributed by atoms with Crippen molar-refractivity contribution in [3.8, 4) is 5.75 Å². The van der Waals surface area contributed by atoms with E-state index in [9.17, 15) is 9.59 Å². The first kappa shape index (κ1) is 12.3. The van der Waals surface area contributed by atoms with Crippen molar-refractivity contribution >= 4 is 17.4 Å². The molecule has 0 aliphatic heterocycles. The van der Waals surface area contributed by atoms with Gasteiger partial charge in [-0.1, -0.05) is 11.6 Å². The number of carbonyl (C=O) groups is 1. The highest BCUT2D eigenvalue weighted by Gasteiger charge is 2.11. The molecule has 0 radical (unpaired) electrons. The maximum atomic E-state index is 11.9. The number of Topliss-reactive ketones (excluding diaryl/α,β-unsaturated/α-hetero) is 1. The lowest BCUT2D eigenvalue weighted by atomic mass is 10.1. The number of carbonyl (C=O) groups excluding carboxylic acids is 1. The number of hydrogen-bond acceptors (Lipinski definition) is 4. The number of hydrogen-bond donors (Lipinski definition) is 2. The standard InChI is InChI=1S/C12H9ClN2O3/c13-9-6-14-12(18)15-10(9)5-11(17)7-1-3-8(16)4-2-7/h1-4,6,16H,5H2,(H,14,15,18). The summed E-state index contributed by atoms with van der Waals surface area (Å²) in [6.45, 7) is 0. The summed E-state index contributed by atoms with van der Waals surface area (Å²) in [7, 11) is 0. The molecule has 1 aromatic carbocycles. The summed E-state index contributed by atoms with van der Waals surface area (Å²) in [5.74, 6) is -0.145. The molecule has 2 N–H and O–H groups in total. The Bertz CT molecular complexity index is 635. The molecule has 2 rings (SSSR count). The molecule has 6 heteroatoms. The van der Waals surface area contributed by atoms with Gasteiger partial charge in [0.25, 0.3) is 0 Å². The molecular weight excluding hydrogens is 256 g/mol. The Labute approximate surface area is 107 Å². The van der Waals surface area contributed by atoms with Gasteiger partial charge in [0, 0.05) is 11.8 Å². The van der Waals surface area contributed by atoms with Crippen LogP contribution in [-0.2, 0) is 6.42 Å². The lowest BCUT2D eigenvalue weighted by Crippen LogP contribution is -2.15. The second kappa shape index (κ2) is 5.01. The fourth-order valence-electron chi connectivity index (χ4n) is 1.44. The van der Waals surface area contributed by atoms with Crippen molar-refractivity contribution in [2.75, 3.05) is 0 Å². The first-order valence-corrected chi connectivity index (χ1v) is 5.50. The monoisotopic (exact) mass is 264 g/mol. The largest absolute Gasteiger partial charge is 0.508 e. The van der Waals surface area contributed by atoms with Crippen LogP contribution in [0.5, 0.6) is 5.75 Å². The number of phenolic OH excluding ortho intramolecular Hbond substituents is 1. The van der Waals surface area contributed by atoms with Gasteiger partial charge in [0.05, 0.1) is 17.1 Å². The van der Waals surface area contributed by atoms with Crippen molar-refractivity contribution < 1.29 is 9.90 Å². The zero-order valence-electron chi connectivity index (χ0n) is 9.18. The predicted molar refractivity (Wildman–Crippen MR) is 66.0 cm³/mol. The van der Waals surface area contributed by atoms with Gasteiger partial charge < -0.3 is 10.1 Å². The number of rotatable bonds is 3. The number of H-pyrrole nitrogens is 1. The number of phenols is 1. The highest BCUT2D eigenvalue weighted by atomic mass is 35.5. The number of nitrogens with one attached hydrogen (secondary N) is 1. The molecular formula is C12H9ClN2O3.